The van der Waals surface area contributed by atoms with Crippen LogP contribution in [-0.4, -0.2) is 139 Å². The third-order valence-corrected chi connectivity index (χ3v) is 7.94. The molecule has 15 nitrogen and oxygen atoms in total. The van der Waals surface area contributed by atoms with Crippen LogP contribution >= 0.6 is 11.6 Å². The van der Waals surface area contributed by atoms with Gasteiger partial charge in [-0.25, -0.2) is 0 Å². The van der Waals surface area contributed by atoms with E-state index in [0.29, 0.717) is 134 Å². The molecule has 1 aliphatic heterocycles. The van der Waals surface area contributed by atoms with Gasteiger partial charge in [0.15, 0.2) is 5.82 Å². The number of amides is 1. The van der Waals surface area contributed by atoms with Gasteiger partial charge in [-0.05, 0) is 37.3 Å². The number of aromatic nitrogens is 3. The molecule has 2 heterocycles. The number of methoxy groups -OCH3 is 1. The van der Waals surface area contributed by atoms with Crippen molar-refractivity contribution < 1.29 is 42.7 Å². The van der Waals surface area contributed by atoms with E-state index in [0.717, 1.165) is 16.8 Å². The maximum atomic E-state index is 13.1. The molecule has 16 heteroatoms. The van der Waals surface area contributed by atoms with E-state index in [1.165, 1.54) is 0 Å². The van der Waals surface area contributed by atoms with Gasteiger partial charge in [-0.15, -0.1) is 10.2 Å². The third kappa shape index (κ3) is 13.8. The first-order valence-electron chi connectivity index (χ1n) is 17.5. The predicted octanol–water partition coefficient (Wildman–Crippen LogP) is 2.71. The van der Waals surface area contributed by atoms with Gasteiger partial charge in [0.2, 0.25) is 5.91 Å². The minimum absolute atomic E-state index is 0.0742. The standard InChI is InChI=1S/C36H51ClN6O9/c1-27-41-42-36-32(40-35(28-3-5-29(37)6-4-28)31-25-30(45-2)7-8-33(31)43(27)36)26-34(44)39-10-12-47-14-16-49-18-20-51-22-24-52-23-21-50-19-17-48-15-13-46-11-9-38/h3-8,25,32H,9-24,26,38H2,1-2H3,(H,39,44). The highest BCUT2D eigenvalue weighted by molar-refractivity contribution is 6.30. The zero-order valence-electron chi connectivity index (χ0n) is 30.1. The van der Waals surface area contributed by atoms with E-state index in [2.05, 4.69) is 15.5 Å². The van der Waals surface area contributed by atoms with Gasteiger partial charge in [0.25, 0.3) is 0 Å². The van der Waals surface area contributed by atoms with Crippen molar-refractivity contribution in [3.8, 4) is 11.4 Å². The summed E-state index contributed by atoms with van der Waals surface area (Å²) in [6.07, 6.45) is 0.0742. The number of nitrogens with one attached hydrogen (secondary N) is 1. The van der Waals surface area contributed by atoms with Gasteiger partial charge < -0.3 is 48.9 Å². The smallest absolute Gasteiger partial charge is 0.222 e. The summed E-state index contributed by atoms with van der Waals surface area (Å²) in [5.74, 6) is 1.77. The normalized spacial score (nSPS) is 13.7. The summed E-state index contributed by atoms with van der Waals surface area (Å²) in [6.45, 7) is 9.36. The molecule has 1 aromatic heterocycles. The highest BCUT2D eigenvalue weighted by Crippen LogP contribution is 2.34. The molecule has 1 aliphatic rings. The van der Waals surface area contributed by atoms with Crippen LogP contribution in [0.2, 0.25) is 5.02 Å². The Labute approximate surface area is 310 Å². The Balaban J connectivity index is 1.08. The lowest BCUT2D eigenvalue weighted by Crippen LogP contribution is -2.29. The Hall–Kier alpha value is -3.51. The van der Waals surface area contributed by atoms with E-state index in [1.54, 1.807) is 7.11 Å². The van der Waals surface area contributed by atoms with Crippen molar-refractivity contribution >= 4 is 23.2 Å². The lowest BCUT2D eigenvalue weighted by molar-refractivity contribution is -0.121. The summed E-state index contributed by atoms with van der Waals surface area (Å²) in [5, 5.41) is 12.3. The SMILES string of the molecule is COc1ccc2c(c1)C(c1ccc(Cl)cc1)=NC(CC(=O)NCCOCCOCCOCCOCCOCCOCCOCCN)c1nnc(C)n1-2. The molecule has 1 amide bonds. The number of halogens is 1. The molecular weight excluding hydrogens is 696 g/mol. The summed E-state index contributed by atoms with van der Waals surface area (Å²) in [6, 6.07) is 12.6. The molecule has 0 bridgehead atoms. The van der Waals surface area contributed by atoms with E-state index in [-0.39, 0.29) is 12.3 Å². The Morgan fingerprint density at radius 2 is 1.31 bits per heavy atom. The molecule has 0 saturated carbocycles. The number of hydrogen-bond donors (Lipinski definition) is 2. The highest BCUT2D eigenvalue weighted by atomic mass is 35.5. The molecule has 0 aliphatic carbocycles. The average molecular weight is 747 g/mol. The van der Waals surface area contributed by atoms with Crippen LogP contribution in [0.4, 0.5) is 0 Å². The summed E-state index contributed by atoms with van der Waals surface area (Å²) in [7, 11) is 1.62. The van der Waals surface area contributed by atoms with Gasteiger partial charge in [-0.3, -0.25) is 14.4 Å². The lowest BCUT2D eigenvalue weighted by atomic mass is 10.00. The van der Waals surface area contributed by atoms with Crippen molar-refractivity contribution in [3.05, 3.63) is 70.3 Å². The summed E-state index contributed by atoms with van der Waals surface area (Å²) in [5.41, 5.74) is 8.59. The predicted molar refractivity (Wildman–Crippen MR) is 195 cm³/mol. The number of nitrogens with zero attached hydrogens (tertiary/aromatic N) is 4. The van der Waals surface area contributed by atoms with Crippen LogP contribution in [0.25, 0.3) is 5.69 Å². The number of benzene rings is 2. The van der Waals surface area contributed by atoms with Crippen molar-refractivity contribution in [3.63, 3.8) is 0 Å². The Bertz CT molecular complexity index is 1510. The maximum Gasteiger partial charge on any atom is 0.222 e. The van der Waals surface area contributed by atoms with Crippen LogP contribution in [-0.2, 0) is 38.0 Å². The monoisotopic (exact) mass is 746 g/mol. The van der Waals surface area contributed by atoms with Crippen molar-refractivity contribution in [1.29, 1.82) is 0 Å². The van der Waals surface area contributed by atoms with Crippen molar-refractivity contribution in [2.45, 2.75) is 19.4 Å². The van der Waals surface area contributed by atoms with Crippen molar-refractivity contribution in [2.24, 2.45) is 10.7 Å². The van der Waals surface area contributed by atoms with Gasteiger partial charge in [-0.2, -0.15) is 0 Å². The fourth-order valence-electron chi connectivity index (χ4n) is 5.19. The number of carbonyl (C=O) groups excluding carboxylic acids is 1. The van der Waals surface area contributed by atoms with E-state index in [1.807, 2.05) is 54.0 Å². The Morgan fingerprint density at radius 1 is 0.769 bits per heavy atom. The second-order valence-corrected chi connectivity index (χ2v) is 11.9. The van der Waals surface area contributed by atoms with E-state index < -0.39 is 6.04 Å². The van der Waals surface area contributed by atoms with Crippen LogP contribution in [0.3, 0.4) is 0 Å². The lowest BCUT2D eigenvalue weighted by Gasteiger charge is -2.14. The van der Waals surface area contributed by atoms with Gasteiger partial charge in [0, 0.05) is 29.2 Å². The molecule has 4 rings (SSSR count). The molecule has 0 spiro atoms. The molecule has 0 fully saturated rings. The molecule has 286 valence electrons. The van der Waals surface area contributed by atoms with Gasteiger partial charge in [0.05, 0.1) is 117 Å². The molecule has 3 aromatic rings. The number of ether oxygens (including phenoxy) is 8. The van der Waals surface area contributed by atoms with Gasteiger partial charge in [-0.1, -0.05) is 23.7 Å². The molecule has 1 atom stereocenters. The Kier molecular flexibility index (Phi) is 19.0. The minimum atomic E-state index is -0.587. The summed E-state index contributed by atoms with van der Waals surface area (Å²) >= 11 is 6.19. The average Bonchev–Trinajstić information content (AvgIpc) is 3.48. The maximum absolute atomic E-state index is 13.1. The van der Waals surface area contributed by atoms with Crippen LogP contribution in [0, 0.1) is 6.92 Å². The number of hydrogen-bond acceptors (Lipinski definition) is 13. The minimum Gasteiger partial charge on any atom is -0.497 e. The quantitative estimate of drug-likeness (QED) is 0.110. The topological polar surface area (TPSA) is 172 Å². The van der Waals surface area contributed by atoms with Crippen LogP contribution in [0.5, 0.6) is 5.75 Å². The molecule has 52 heavy (non-hydrogen) atoms. The fourth-order valence-corrected chi connectivity index (χ4v) is 5.32. The molecule has 2 aromatic carbocycles. The van der Waals surface area contributed by atoms with Crippen LogP contribution in [0.1, 0.15) is 35.2 Å². The second kappa shape index (κ2) is 23.9. The van der Waals surface area contributed by atoms with Gasteiger partial charge >= 0.3 is 0 Å². The number of aliphatic imine (C=N–C) groups is 1. The van der Waals surface area contributed by atoms with Gasteiger partial charge in [0.1, 0.15) is 17.6 Å². The van der Waals surface area contributed by atoms with E-state index in [9.17, 15) is 4.79 Å². The second-order valence-electron chi connectivity index (χ2n) is 11.5. The van der Waals surface area contributed by atoms with Crippen molar-refractivity contribution in [1.82, 2.24) is 20.1 Å². The van der Waals surface area contributed by atoms with E-state index in [4.69, 9.17) is 60.2 Å². The molecule has 0 radical (unpaired) electrons. The number of nitrogens with two attached hydrogens (primary N) is 1. The third-order valence-electron chi connectivity index (χ3n) is 7.69. The fraction of sp³-hybridized carbons (Fsp3) is 0.556. The largest absolute Gasteiger partial charge is 0.497 e. The molecule has 0 saturated heterocycles. The van der Waals surface area contributed by atoms with Crippen LogP contribution < -0.4 is 15.8 Å². The summed E-state index contributed by atoms with van der Waals surface area (Å²) in [4.78, 5) is 18.2. The van der Waals surface area contributed by atoms with E-state index >= 15 is 0 Å². The molecule has 1 unspecified atom stereocenters. The highest BCUT2D eigenvalue weighted by Gasteiger charge is 2.30. The number of aryl methyl sites for hydroxylation is 1. The first-order chi connectivity index (χ1) is 25.5. The number of fused-ring (bicyclic) bond motifs is 3. The summed E-state index contributed by atoms with van der Waals surface area (Å²) < 4.78 is 45.7. The zero-order valence-corrected chi connectivity index (χ0v) is 30.8. The Morgan fingerprint density at radius 3 is 1.85 bits per heavy atom. The zero-order chi connectivity index (χ0) is 36.8. The first kappa shape index (κ1) is 41.2. The molecule has 3 N–H and O–H groups in total. The van der Waals surface area contributed by atoms with Crippen LogP contribution in [0.15, 0.2) is 47.5 Å². The number of rotatable bonds is 27. The van der Waals surface area contributed by atoms with Crippen molar-refractivity contribution in [2.75, 3.05) is 113 Å². The number of carbonyl (C=O) groups is 1. The first-order valence-corrected chi connectivity index (χ1v) is 17.8. The molecular formula is C36H51ClN6O9.